The number of para-hydroxylation sites is 1. The number of thiazole rings is 1. The topological polar surface area (TPSA) is 103 Å². The number of carbonyl (C=O) groups is 2. The van der Waals surface area contributed by atoms with Crippen LogP contribution in [-0.2, 0) is 9.59 Å². The van der Waals surface area contributed by atoms with Crippen molar-refractivity contribution in [2.24, 2.45) is 17.8 Å². The van der Waals surface area contributed by atoms with Gasteiger partial charge in [-0.25, -0.2) is 9.78 Å². The molecule has 3 heterocycles. The molecule has 1 aromatic heterocycles. The van der Waals surface area contributed by atoms with Gasteiger partial charge in [-0.15, -0.1) is 0 Å². The summed E-state index contributed by atoms with van der Waals surface area (Å²) < 4.78 is 1.11. The molecule has 0 unspecified atom stereocenters. The maximum Gasteiger partial charge on any atom is 0.352 e. The van der Waals surface area contributed by atoms with Crippen LogP contribution in [0.25, 0.3) is 10.2 Å². The third kappa shape index (κ3) is 2.77. The first-order valence-corrected chi connectivity index (χ1v) is 10.9. The number of amides is 1. The van der Waals surface area contributed by atoms with Crippen LogP contribution >= 0.6 is 11.3 Å². The minimum Gasteiger partial charge on any atom is -0.477 e. The van der Waals surface area contributed by atoms with Crippen molar-refractivity contribution in [3.8, 4) is 0 Å². The Balaban J connectivity index is 1.42. The summed E-state index contributed by atoms with van der Waals surface area (Å²) in [5, 5.41) is 24.2. The number of hydrogen-bond donors (Lipinski definition) is 3. The van der Waals surface area contributed by atoms with Crippen molar-refractivity contribution in [3.05, 3.63) is 35.5 Å². The summed E-state index contributed by atoms with van der Waals surface area (Å²) in [6.45, 7) is 2.21. The smallest absolute Gasteiger partial charge is 0.352 e. The predicted octanol–water partition coefficient (Wildman–Crippen LogP) is 2.68. The van der Waals surface area contributed by atoms with Crippen LogP contribution in [0.1, 0.15) is 26.2 Å². The van der Waals surface area contributed by atoms with Crippen molar-refractivity contribution in [2.45, 2.75) is 38.3 Å². The van der Waals surface area contributed by atoms with E-state index in [0.717, 1.165) is 40.2 Å². The largest absolute Gasteiger partial charge is 0.477 e. The van der Waals surface area contributed by atoms with Gasteiger partial charge in [0, 0.05) is 18.4 Å². The van der Waals surface area contributed by atoms with Crippen molar-refractivity contribution in [1.29, 1.82) is 0 Å². The fraction of sp³-hybridized carbons (Fsp3) is 0.476. The van der Waals surface area contributed by atoms with E-state index in [-0.39, 0.29) is 29.5 Å². The summed E-state index contributed by atoms with van der Waals surface area (Å²) >= 11 is 1.58. The molecule has 2 fully saturated rings. The molecule has 1 saturated carbocycles. The van der Waals surface area contributed by atoms with Crippen LogP contribution in [0.3, 0.4) is 0 Å². The van der Waals surface area contributed by atoms with E-state index in [4.69, 9.17) is 0 Å². The summed E-state index contributed by atoms with van der Waals surface area (Å²) in [4.78, 5) is 30.7. The summed E-state index contributed by atoms with van der Waals surface area (Å²) in [5.74, 6) is -1.74. The molecule has 3 aliphatic rings. The molecule has 1 amide bonds. The number of aliphatic hydroxyl groups excluding tert-OH is 1. The van der Waals surface area contributed by atoms with Crippen LogP contribution in [0.5, 0.6) is 0 Å². The molecule has 5 atom stereocenters. The average molecular weight is 413 g/mol. The lowest BCUT2D eigenvalue weighted by Gasteiger charge is -2.47. The second-order valence-electron chi connectivity index (χ2n) is 8.18. The van der Waals surface area contributed by atoms with E-state index in [1.54, 1.807) is 18.3 Å². The molecule has 7 nitrogen and oxygen atoms in total. The number of nitrogens with zero attached hydrogens (tertiary/aromatic N) is 2. The number of carboxylic acid groups (broad SMARTS) is 1. The lowest BCUT2D eigenvalue weighted by molar-refractivity contribution is -0.163. The number of rotatable bonds is 5. The normalized spacial score (nSPS) is 29.4. The van der Waals surface area contributed by atoms with Crippen molar-refractivity contribution in [2.75, 3.05) is 11.9 Å². The molecule has 3 N–H and O–H groups in total. The van der Waals surface area contributed by atoms with Crippen molar-refractivity contribution in [3.63, 3.8) is 0 Å². The molecule has 1 saturated heterocycles. The maximum atomic E-state index is 12.6. The van der Waals surface area contributed by atoms with Gasteiger partial charge in [-0.3, -0.25) is 4.79 Å². The molecular formula is C21H23N3O4S. The zero-order chi connectivity index (χ0) is 20.3. The number of anilines is 1. The second kappa shape index (κ2) is 6.81. The minimum absolute atomic E-state index is 0.0225. The number of hydrogen-bond acceptors (Lipinski definition) is 6. The molecule has 0 radical (unpaired) electrons. The van der Waals surface area contributed by atoms with Gasteiger partial charge in [0.2, 0.25) is 5.91 Å². The van der Waals surface area contributed by atoms with Crippen LogP contribution in [-0.4, -0.2) is 50.7 Å². The highest BCUT2D eigenvalue weighted by molar-refractivity contribution is 7.22. The number of carboxylic acids is 1. The number of aliphatic carboxylic acids is 1. The van der Waals surface area contributed by atoms with Crippen LogP contribution < -0.4 is 5.32 Å². The number of benzene rings is 1. The van der Waals surface area contributed by atoms with Gasteiger partial charge in [0.25, 0.3) is 0 Å². The Hall–Kier alpha value is -2.45. The number of fused-ring (bicyclic) bond motifs is 4. The Bertz CT molecular complexity index is 997. The van der Waals surface area contributed by atoms with Gasteiger partial charge < -0.3 is 20.4 Å². The Kier molecular flexibility index (Phi) is 4.36. The first-order chi connectivity index (χ1) is 14.0. The molecule has 8 heteroatoms. The molecule has 1 aromatic carbocycles. The Morgan fingerprint density at radius 2 is 2.17 bits per heavy atom. The third-order valence-corrected chi connectivity index (χ3v) is 7.53. The van der Waals surface area contributed by atoms with Crippen LogP contribution in [0.2, 0.25) is 0 Å². The zero-order valence-corrected chi connectivity index (χ0v) is 16.9. The monoisotopic (exact) mass is 413 g/mol. The first kappa shape index (κ1) is 18.6. The van der Waals surface area contributed by atoms with Gasteiger partial charge in [-0.1, -0.05) is 29.9 Å². The fourth-order valence-corrected chi connectivity index (χ4v) is 6.24. The molecule has 2 aliphatic heterocycles. The quantitative estimate of drug-likeness (QED) is 0.652. The second-order valence-corrected chi connectivity index (χ2v) is 9.21. The Morgan fingerprint density at radius 1 is 1.38 bits per heavy atom. The summed E-state index contributed by atoms with van der Waals surface area (Å²) in [5.41, 5.74) is 1.97. The highest BCUT2D eigenvalue weighted by Crippen LogP contribution is 2.53. The summed E-state index contributed by atoms with van der Waals surface area (Å²) in [7, 11) is 0. The van der Waals surface area contributed by atoms with E-state index in [1.807, 2.05) is 24.3 Å². The average Bonchev–Trinajstić information content (AvgIpc) is 3.23. The standard InChI is InChI=1S/C21H23N3O4S/c1-10(25)15-17-12-6-4-5-11(16(12)18(20(27)28)24(17)19(15)26)9-22-21-23-13-7-2-3-8-14(13)29-21/h2-3,7-8,10-12,15,17,25H,4-6,9H2,1H3,(H,22,23)(H,27,28)/t10-,11+,12+,15-,17-/m1/s1. The Morgan fingerprint density at radius 3 is 2.90 bits per heavy atom. The number of β-lactam (4-membered cyclic amide) rings is 1. The Labute approximate surface area is 172 Å². The van der Waals surface area contributed by atoms with Crippen LogP contribution in [0.15, 0.2) is 35.5 Å². The molecule has 152 valence electrons. The van der Waals surface area contributed by atoms with Gasteiger partial charge >= 0.3 is 5.97 Å². The zero-order valence-electron chi connectivity index (χ0n) is 16.0. The fourth-order valence-electron chi connectivity index (χ4n) is 5.37. The van der Waals surface area contributed by atoms with E-state index in [1.165, 1.54) is 4.90 Å². The highest BCUT2D eigenvalue weighted by Gasteiger charge is 2.62. The maximum absolute atomic E-state index is 12.6. The number of aliphatic hydroxyl groups is 1. The van der Waals surface area contributed by atoms with Gasteiger partial charge in [-0.2, -0.15) is 0 Å². The first-order valence-electron chi connectivity index (χ1n) is 10.0. The molecule has 0 spiro atoms. The van der Waals surface area contributed by atoms with Crippen molar-refractivity contribution in [1.82, 2.24) is 9.88 Å². The highest BCUT2D eigenvalue weighted by atomic mass is 32.1. The predicted molar refractivity (Wildman–Crippen MR) is 109 cm³/mol. The molecular weight excluding hydrogens is 390 g/mol. The molecule has 29 heavy (non-hydrogen) atoms. The van der Waals surface area contributed by atoms with Crippen molar-refractivity contribution >= 4 is 38.6 Å². The third-order valence-electron chi connectivity index (χ3n) is 6.54. The van der Waals surface area contributed by atoms with E-state index in [9.17, 15) is 19.8 Å². The van der Waals surface area contributed by atoms with E-state index in [2.05, 4.69) is 10.3 Å². The van der Waals surface area contributed by atoms with Gasteiger partial charge in [0.1, 0.15) is 5.70 Å². The number of carbonyl (C=O) groups excluding carboxylic acids is 1. The lowest BCUT2D eigenvalue weighted by atomic mass is 9.69. The number of aromatic nitrogens is 1. The van der Waals surface area contributed by atoms with Crippen LogP contribution in [0.4, 0.5) is 5.13 Å². The molecule has 0 bridgehead atoms. The van der Waals surface area contributed by atoms with Gasteiger partial charge in [0.15, 0.2) is 5.13 Å². The SMILES string of the molecule is C[C@@H](O)[C@H]1C(=O)N2C(C(=O)O)=C3[C@H](CNc4nc5ccccc5s4)CCC[C@@H]3[C@H]12. The van der Waals surface area contributed by atoms with E-state index >= 15 is 0 Å². The van der Waals surface area contributed by atoms with Crippen molar-refractivity contribution < 1.29 is 19.8 Å². The summed E-state index contributed by atoms with van der Waals surface area (Å²) in [6, 6.07) is 7.73. The summed E-state index contributed by atoms with van der Waals surface area (Å²) in [6.07, 6.45) is 1.97. The minimum atomic E-state index is -1.04. The molecule has 5 rings (SSSR count). The van der Waals surface area contributed by atoms with Gasteiger partial charge in [-0.05, 0) is 37.5 Å². The van der Waals surface area contributed by atoms with E-state index in [0.29, 0.717) is 6.54 Å². The van der Waals surface area contributed by atoms with Gasteiger partial charge in [0.05, 0.1) is 28.3 Å². The molecule has 1 aliphatic carbocycles. The van der Waals surface area contributed by atoms with E-state index < -0.39 is 18.0 Å². The van der Waals surface area contributed by atoms with Crippen LogP contribution in [0, 0.1) is 17.8 Å². The lowest BCUT2D eigenvalue weighted by Crippen LogP contribution is -2.64. The number of nitrogens with one attached hydrogen (secondary N) is 1. The molecule has 2 aromatic rings.